The zero-order valence-corrected chi connectivity index (χ0v) is 10.9. The van der Waals surface area contributed by atoms with Gasteiger partial charge < -0.3 is 9.29 Å². The molecule has 0 saturated heterocycles. The lowest BCUT2D eigenvalue weighted by atomic mass is 9.49. The van der Waals surface area contributed by atoms with Gasteiger partial charge in [-0.25, -0.2) is 8.42 Å². The molecule has 0 aromatic carbocycles. The molecule has 0 aromatic rings. The molecule has 0 heterocycles. The quantitative estimate of drug-likeness (QED) is 0.570. The van der Waals surface area contributed by atoms with E-state index >= 15 is 0 Å². The number of hydrogen-bond donors (Lipinski definition) is 0. The van der Waals surface area contributed by atoms with Gasteiger partial charge in [-0.05, 0) is 56.3 Å². The summed E-state index contributed by atoms with van der Waals surface area (Å²) in [6, 6.07) is 0. The summed E-state index contributed by atoms with van der Waals surface area (Å²) in [5.74, 6) is 0.294. The fourth-order valence-electron chi connectivity index (χ4n) is 4.64. The lowest BCUT2D eigenvalue weighted by Gasteiger charge is -2.55. The van der Waals surface area contributed by atoms with Crippen molar-refractivity contribution in [3.05, 3.63) is 0 Å². The van der Waals surface area contributed by atoms with Crippen molar-refractivity contribution in [1.82, 2.24) is 0 Å². The van der Waals surface area contributed by atoms with Gasteiger partial charge in [0.25, 0.3) is 0 Å². The van der Waals surface area contributed by atoms with Crippen molar-refractivity contribution in [2.45, 2.75) is 38.5 Å². The summed E-state index contributed by atoms with van der Waals surface area (Å²) in [4.78, 5) is 12.1. The predicted octanol–water partition coefficient (Wildman–Crippen LogP) is 1.25. The number of carbonyl (C=O) groups is 1. The molecule has 0 unspecified atom stereocenters. The van der Waals surface area contributed by atoms with Crippen molar-refractivity contribution in [1.29, 1.82) is 0 Å². The molecule has 18 heavy (non-hydrogen) atoms. The maximum absolute atomic E-state index is 12.1. The molecule has 5 nitrogen and oxygen atoms in total. The Morgan fingerprint density at radius 3 is 1.94 bits per heavy atom. The maximum Gasteiger partial charge on any atom is 0.313 e. The first-order valence-electron chi connectivity index (χ1n) is 6.47. The molecule has 4 rings (SSSR count). The molecular formula is C12H17O5S-. The number of ether oxygens (including phenoxy) is 1. The lowest BCUT2D eigenvalue weighted by Crippen LogP contribution is -2.50. The summed E-state index contributed by atoms with van der Waals surface area (Å²) in [6.07, 6.45) is 6.05. The van der Waals surface area contributed by atoms with Crippen molar-refractivity contribution in [3.63, 3.8) is 0 Å². The highest BCUT2D eigenvalue weighted by Crippen LogP contribution is 2.60. The van der Waals surface area contributed by atoms with Crippen LogP contribution in [0.5, 0.6) is 0 Å². The SMILES string of the molecule is O=C(OCS(=O)(=O)[O-])C12CC3CC(CC(C3)C1)C2. The van der Waals surface area contributed by atoms with Gasteiger partial charge in [-0.15, -0.1) is 0 Å². The first-order valence-corrected chi connectivity index (χ1v) is 8.05. The van der Waals surface area contributed by atoms with Crippen LogP contribution < -0.4 is 0 Å². The van der Waals surface area contributed by atoms with Crippen molar-refractivity contribution in [2.75, 3.05) is 5.94 Å². The Kier molecular flexibility index (Phi) is 2.71. The van der Waals surface area contributed by atoms with Crippen LogP contribution in [0, 0.1) is 23.2 Å². The number of hydrogen-bond acceptors (Lipinski definition) is 5. The van der Waals surface area contributed by atoms with E-state index in [-0.39, 0.29) is 0 Å². The molecule has 4 bridgehead atoms. The van der Waals surface area contributed by atoms with Gasteiger partial charge in [0.05, 0.1) is 5.41 Å². The van der Waals surface area contributed by atoms with Gasteiger partial charge in [-0.1, -0.05) is 0 Å². The minimum atomic E-state index is -4.48. The Balaban J connectivity index is 1.73. The number of carbonyl (C=O) groups excluding carboxylic acids is 1. The highest BCUT2D eigenvalue weighted by molar-refractivity contribution is 7.85. The molecule has 0 N–H and O–H groups in total. The van der Waals surface area contributed by atoms with Crippen LogP contribution >= 0.6 is 0 Å². The van der Waals surface area contributed by atoms with E-state index < -0.39 is 27.4 Å². The van der Waals surface area contributed by atoms with E-state index in [1.807, 2.05) is 0 Å². The summed E-state index contributed by atoms with van der Waals surface area (Å²) in [7, 11) is -4.48. The normalized spacial score (nSPS) is 41.9. The van der Waals surface area contributed by atoms with Crippen LogP contribution in [0.1, 0.15) is 38.5 Å². The highest BCUT2D eigenvalue weighted by atomic mass is 32.2. The van der Waals surface area contributed by atoms with Gasteiger partial charge in [0, 0.05) is 0 Å². The summed E-state index contributed by atoms with van der Waals surface area (Å²) in [5.41, 5.74) is -0.487. The van der Waals surface area contributed by atoms with Crippen LogP contribution in [0.15, 0.2) is 0 Å². The Morgan fingerprint density at radius 2 is 1.56 bits per heavy atom. The third-order valence-electron chi connectivity index (χ3n) is 4.81. The van der Waals surface area contributed by atoms with Crippen molar-refractivity contribution in [3.8, 4) is 0 Å². The largest absolute Gasteiger partial charge is 0.745 e. The number of esters is 1. The molecule has 0 atom stereocenters. The smallest absolute Gasteiger partial charge is 0.313 e. The topological polar surface area (TPSA) is 83.5 Å². The summed E-state index contributed by atoms with van der Waals surface area (Å²) in [5, 5.41) is 0. The van der Waals surface area contributed by atoms with Gasteiger partial charge in [0.2, 0.25) is 0 Å². The van der Waals surface area contributed by atoms with Gasteiger partial charge in [-0.3, -0.25) is 4.79 Å². The van der Waals surface area contributed by atoms with E-state index in [1.54, 1.807) is 0 Å². The van der Waals surface area contributed by atoms with Crippen molar-refractivity contribution >= 4 is 16.1 Å². The molecule has 0 spiro atoms. The molecule has 4 fully saturated rings. The minimum absolute atomic E-state index is 0.457. The number of rotatable bonds is 3. The first kappa shape index (κ1) is 12.4. The van der Waals surface area contributed by atoms with Crippen LogP contribution in [-0.4, -0.2) is 24.9 Å². The van der Waals surface area contributed by atoms with E-state index in [9.17, 15) is 17.8 Å². The van der Waals surface area contributed by atoms with Crippen LogP contribution in [0.4, 0.5) is 0 Å². The zero-order valence-electron chi connectivity index (χ0n) is 10.1. The summed E-state index contributed by atoms with van der Waals surface area (Å²) in [6.45, 7) is 0. The van der Waals surface area contributed by atoms with E-state index in [0.717, 1.165) is 19.3 Å². The van der Waals surface area contributed by atoms with E-state index in [4.69, 9.17) is 4.74 Å². The second kappa shape index (κ2) is 3.93. The second-order valence-electron chi connectivity index (χ2n) is 6.31. The molecule has 102 valence electrons. The molecule has 0 aromatic heterocycles. The average Bonchev–Trinajstić information content (AvgIpc) is 2.22. The molecule has 4 saturated carbocycles. The van der Waals surface area contributed by atoms with Gasteiger partial charge in [0.1, 0.15) is 10.1 Å². The van der Waals surface area contributed by atoms with Gasteiger partial charge in [0.15, 0.2) is 5.94 Å². The van der Waals surface area contributed by atoms with Crippen LogP contribution in [0.25, 0.3) is 0 Å². The van der Waals surface area contributed by atoms with E-state index in [2.05, 4.69) is 0 Å². The Hall–Kier alpha value is -0.620. The monoisotopic (exact) mass is 273 g/mol. The molecule has 4 aliphatic carbocycles. The molecule has 6 heteroatoms. The van der Waals surface area contributed by atoms with Crippen LogP contribution in [0.2, 0.25) is 0 Å². The minimum Gasteiger partial charge on any atom is -0.745 e. The van der Waals surface area contributed by atoms with Gasteiger partial charge >= 0.3 is 5.97 Å². The lowest BCUT2D eigenvalue weighted by molar-refractivity contribution is -0.169. The molecule has 4 aliphatic rings. The summed E-state index contributed by atoms with van der Waals surface area (Å²) < 4.78 is 36.3. The van der Waals surface area contributed by atoms with Crippen molar-refractivity contribution < 1.29 is 22.5 Å². The summed E-state index contributed by atoms with van der Waals surface area (Å²) >= 11 is 0. The first-order chi connectivity index (χ1) is 8.36. The fourth-order valence-corrected chi connectivity index (χ4v) is 4.89. The van der Waals surface area contributed by atoms with Crippen LogP contribution in [-0.2, 0) is 19.6 Å². The van der Waals surface area contributed by atoms with Crippen molar-refractivity contribution in [2.24, 2.45) is 23.2 Å². The molecule has 0 aliphatic heterocycles. The third-order valence-corrected chi connectivity index (χ3v) is 5.21. The third kappa shape index (κ3) is 2.16. The Labute approximate surface area is 107 Å². The second-order valence-corrected chi connectivity index (χ2v) is 7.66. The Morgan fingerprint density at radius 1 is 1.11 bits per heavy atom. The zero-order chi connectivity index (χ0) is 13.0. The van der Waals surface area contributed by atoms with E-state index in [1.165, 1.54) is 19.3 Å². The fraction of sp³-hybridized carbons (Fsp3) is 0.917. The average molecular weight is 273 g/mol. The maximum atomic E-state index is 12.1. The molecule has 0 radical (unpaired) electrons. The standard InChI is InChI=1S/C12H18O5S/c13-11(17-7-18(14,15)16)12-4-8-1-9(5-12)3-10(2-8)6-12/h8-10H,1-7H2,(H,14,15,16)/p-1. The highest BCUT2D eigenvalue weighted by Gasteiger charge is 2.55. The van der Waals surface area contributed by atoms with Gasteiger partial charge in [-0.2, -0.15) is 0 Å². The molecular weight excluding hydrogens is 256 g/mol. The Bertz CT molecular complexity index is 432. The van der Waals surface area contributed by atoms with E-state index in [0.29, 0.717) is 17.8 Å². The molecule has 0 amide bonds. The predicted molar refractivity (Wildman–Crippen MR) is 61.3 cm³/mol. The van der Waals surface area contributed by atoms with Crippen LogP contribution in [0.3, 0.4) is 0 Å².